The molecule has 0 saturated carbocycles. The zero-order chi connectivity index (χ0) is 13.8. The Kier molecular flexibility index (Phi) is 4.49. The highest BCUT2D eigenvalue weighted by Gasteiger charge is 2.47. The second kappa shape index (κ2) is 6.12. The molecule has 6 nitrogen and oxygen atoms in total. The van der Waals surface area contributed by atoms with Crippen molar-refractivity contribution in [2.24, 2.45) is 0 Å². The molecule has 0 aliphatic carbocycles. The Morgan fingerprint density at radius 2 is 1.95 bits per heavy atom. The molecule has 0 bridgehead atoms. The molecule has 1 fully saturated rings. The molecule has 1 aliphatic heterocycles. The number of carbonyl (C=O) groups excluding carboxylic acids is 1. The monoisotopic (exact) mass is 268 g/mol. The first-order chi connectivity index (χ1) is 9.13. The Balaban J connectivity index is 1.90. The van der Waals surface area contributed by atoms with E-state index in [2.05, 4.69) is 0 Å². The predicted octanol–water partition coefficient (Wildman–Crippen LogP) is -0.177. The van der Waals surface area contributed by atoms with Crippen LogP contribution in [0.25, 0.3) is 0 Å². The van der Waals surface area contributed by atoms with Crippen molar-refractivity contribution in [1.82, 2.24) is 0 Å². The second-order valence-electron chi connectivity index (χ2n) is 4.24. The molecular weight excluding hydrogens is 252 g/mol. The fraction of sp³-hybridized carbons (Fsp3) is 0.462. The van der Waals surface area contributed by atoms with Crippen LogP contribution in [0.3, 0.4) is 0 Å². The highest BCUT2D eigenvalue weighted by atomic mass is 16.7. The van der Waals surface area contributed by atoms with Gasteiger partial charge in [0, 0.05) is 7.11 Å². The largest absolute Gasteiger partial charge is 0.459 e. The summed E-state index contributed by atoms with van der Waals surface area (Å²) in [5, 5.41) is 19.2. The summed E-state index contributed by atoms with van der Waals surface area (Å²) >= 11 is 0. The first-order valence-corrected chi connectivity index (χ1v) is 5.88. The van der Waals surface area contributed by atoms with Gasteiger partial charge in [0.1, 0.15) is 18.8 Å². The van der Waals surface area contributed by atoms with Gasteiger partial charge < -0.3 is 24.4 Å². The number of hydrogen-bond acceptors (Lipinski definition) is 6. The first-order valence-electron chi connectivity index (χ1n) is 5.88. The van der Waals surface area contributed by atoms with Crippen LogP contribution in [0.2, 0.25) is 0 Å². The Morgan fingerprint density at radius 3 is 2.53 bits per heavy atom. The summed E-state index contributed by atoms with van der Waals surface area (Å²) in [4.78, 5) is 11.8. The van der Waals surface area contributed by atoms with E-state index in [9.17, 15) is 15.0 Å². The van der Waals surface area contributed by atoms with E-state index in [0.717, 1.165) is 5.56 Å². The Hall–Kier alpha value is -1.47. The lowest BCUT2D eigenvalue weighted by Gasteiger charge is -2.13. The fourth-order valence-corrected chi connectivity index (χ4v) is 1.85. The van der Waals surface area contributed by atoms with Crippen LogP contribution >= 0.6 is 0 Å². The molecule has 0 spiro atoms. The fourth-order valence-electron chi connectivity index (χ4n) is 1.85. The van der Waals surface area contributed by atoms with Crippen LogP contribution in [0, 0.1) is 0 Å². The average molecular weight is 268 g/mol. The molecule has 1 heterocycles. The zero-order valence-corrected chi connectivity index (χ0v) is 10.4. The number of ether oxygens (including phenoxy) is 3. The summed E-state index contributed by atoms with van der Waals surface area (Å²) in [5.74, 6) is -0.727. The van der Waals surface area contributed by atoms with Gasteiger partial charge in [-0.05, 0) is 5.56 Å². The van der Waals surface area contributed by atoms with Gasteiger partial charge in [-0.15, -0.1) is 0 Å². The van der Waals surface area contributed by atoms with Crippen molar-refractivity contribution >= 4 is 5.97 Å². The topological polar surface area (TPSA) is 85.2 Å². The Bertz CT molecular complexity index is 420. The van der Waals surface area contributed by atoms with E-state index in [1.807, 2.05) is 30.3 Å². The average Bonchev–Trinajstić information content (AvgIpc) is 2.73. The molecule has 1 aromatic carbocycles. The molecule has 0 radical (unpaired) electrons. The quantitative estimate of drug-likeness (QED) is 0.737. The third kappa shape index (κ3) is 3.10. The van der Waals surface area contributed by atoms with E-state index < -0.39 is 30.6 Å². The van der Waals surface area contributed by atoms with E-state index >= 15 is 0 Å². The van der Waals surface area contributed by atoms with Crippen molar-refractivity contribution in [2.75, 3.05) is 7.11 Å². The van der Waals surface area contributed by atoms with Crippen molar-refractivity contribution in [3.63, 3.8) is 0 Å². The van der Waals surface area contributed by atoms with Crippen LogP contribution in [0.1, 0.15) is 5.56 Å². The normalized spacial score (nSPS) is 30.3. The minimum atomic E-state index is -1.35. The highest BCUT2D eigenvalue weighted by molar-refractivity contribution is 5.76. The molecule has 1 aliphatic rings. The smallest absolute Gasteiger partial charge is 0.338 e. The van der Waals surface area contributed by atoms with Crippen LogP contribution in [0.4, 0.5) is 0 Å². The standard InChI is InChI=1S/C13H16O6/c1-17-13-10(15)9(14)11(19-13)12(16)18-7-8-5-3-2-4-6-8/h2-6,9-11,13-15H,7H2,1H3/t9-,10-,11-,13+/m0/s1. The maximum atomic E-state index is 11.8. The molecule has 0 amide bonds. The number of esters is 1. The number of rotatable bonds is 4. The SMILES string of the molecule is CO[C@@H]1O[C@H](C(=O)OCc2ccccc2)[C@@H](O)[C@@H]1O. The molecule has 4 atom stereocenters. The lowest BCUT2D eigenvalue weighted by Crippen LogP contribution is -2.37. The maximum Gasteiger partial charge on any atom is 0.338 e. The molecule has 2 N–H and O–H groups in total. The minimum absolute atomic E-state index is 0.0833. The molecule has 6 heteroatoms. The molecule has 1 aromatic rings. The number of aliphatic hydroxyl groups is 2. The number of carbonyl (C=O) groups is 1. The van der Waals surface area contributed by atoms with Gasteiger partial charge in [-0.25, -0.2) is 4.79 Å². The molecule has 1 saturated heterocycles. The second-order valence-corrected chi connectivity index (χ2v) is 4.24. The third-order valence-corrected chi connectivity index (χ3v) is 2.91. The maximum absolute atomic E-state index is 11.8. The molecule has 0 aromatic heterocycles. The third-order valence-electron chi connectivity index (χ3n) is 2.91. The van der Waals surface area contributed by atoms with Crippen molar-refractivity contribution in [2.45, 2.75) is 31.2 Å². The van der Waals surface area contributed by atoms with E-state index in [1.54, 1.807) is 0 Å². The number of aliphatic hydroxyl groups excluding tert-OH is 2. The van der Waals surface area contributed by atoms with Gasteiger partial charge in [0.2, 0.25) is 0 Å². The summed E-state index contributed by atoms with van der Waals surface area (Å²) in [6, 6.07) is 9.14. The van der Waals surface area contributed by atoms with Crippen LogP contribution in [-0.2, 0) is 25.6 Å². The molecule has 2 rings (SSSR count). The number of benzene rings is 1. The first kappa shape index (κ1) is 14.0. The molecule has 0 unspecified atom stereocenters. The van der Waals surface area contributed by atoms with Crippen LogP contribution in [0.5, 0.6) is 0 Å². The van der Waals surface area contributed by atoms with Crippen LogP contribution in [-0.4, -0.2) is 47.9 Å². The van der Waals surface area contributed by atoms with Gasteiger partial charge in [0.15, 0.2) is 12.4 Å². The zero-order valence-electron chi connectivity index (χ0n) is 10.4. The van der Waals surface area contributed by atoms with Gasteiger partial charge in [-0.2, -0.15) is 0 Å². The number of methoxy groups -OCH3 is 1. The Labute approximate surface area is 110 Å². The van der Waals surface area contributed by atoms with E-state index in [0.29, 0.717) is 0 Å². The summed E-state index contributed by atoms with van der Waals surface area (Å²) in [6.45, 7) is 0.0833. The van der Waals surface area contributed by atoms with E-state index in [-0.39, 0.29) is 6.61 Å². The number of hydrogen-bond donors (Lipinski definition) is 2. The van der Waals surface area contributed by atoms with Gasteiger partial charge in [-0.3, -0.25) is 0 Å². The lowest BCUT2D eigenvalue weighted by molar-refractivity contribution is -0.177. The van der Waals surface area contributed by atoms with Gasteiger partial charge >= 0.3 is 5.97 Å². The molecule has 104 valence electrons. The summed E-state index contributed by atoms with van der Waals surface area (Å²) in [5.41, 5.74) is 0.826. The van der Waals surface area contributed by atoms with Crippen molar-refractivity contribution in [1.29, 1.82) is 0 Å². The molecular formula is C13H16O6. The Morgan fingerprint density at radius 1 is 1.26 bits per heavy atom. The highest BCUT2D eigenvalue weighted by Crippen LogP contribution is 2.23. The van der Waals surface area contributed by atoms with Gasteiger partial charge in [0.25, 0.3) is 0 Å². The van der Waals surface area contributed by atoms with Crippen molar-refractivity contribution in [3.8, 4) is 0 Å². The van der Waals surface area contributed by atoms with Gasteiger partial charge in [-0.1, -0.05) is 30.3 Å². The predicted molar refractivity (Wildman–Crippen MR) is 63.9 cm³/mol. The summed E-state index contributed by atoms with van der Waals surface area (Å²) in [6.07, 6.45) is -4.87. The van der Waals surface area contributed by atoms with E-state index in [1.165, 1.54) is 7.11 Å². The van der Waals surface area contributed by atoms with Crippen molar-refractivity contribution in [3.05, 3.63) is 35.9 Å². The minimum Gasteiger partial charge on any atom is -0.459 e. The van der Waals surface area contributed by atoms with Crippen LogP contribution < -0.4 is 0 Å². The summed E-state index contributed by atoms with van der Waals surface area (Å²) < 4.78 is 14.9. The van der Waals surface area contributed by atoms with E-state index in [4.69, 9.17) is 14.2 Å². The van der Waals surface area contributed by atoms with Crippen molar-refractivity contribution < 1.29 is 29.2 Å². The summed E-state index contributed by atoms with van der Waals surface area (Å²) in [7, 11) is 1.32. The van der Waals surface area contributed by atoms with Crippen LogP contribution in [0.15, 0.2) is 30.3 Å². The van der Waals surface area contributed by atoms with Gasteiger partial charge in [0.05, 0.1) is 0 Å². The lowest BCUT2D eigenvalue weighted by atomic mass is 10.1. The molecule has 19 heavy (non-hydrogen) atoms.